The van der Waals surface area contributed by atoms with Crippen LogP contribution in [0.2, 0.25) is 0 Å². The number of nitrogens with zero attached hydrogens (tertiary/aromatic N) is 1. The highest BCUT2D eigenvalue weighted by Gasteiger charge is 2.52. The van der Waals surface area contributed by atoms with Gasteiger partial charge in [0, 0.05) is 0 Å². The minimum atomic E-state index is -2.14. The Morgan fingerprint density at radius 2 is 1.12 bits per heavy atom. The zero-order valence-electron chi connectivity index (χ0n) is 14.4. The van der Waals surface area contributed by atoms with Crippen molar-refractivity contribution in [3.63, 3.8) is 0 Å². The van der Waals surface area contributed by atoms with Gasteiger partial charge in [-0.15, -0.1) is 0 Å². The lowest BCUT2D eigenvalue weighted by atomic mass is 10.4. The van der Waals surface area contributed by atoms with Gasteiger partial charge in [-0.2, -0.15) is 4.98 Å². The Morgan fingerprint density at radius 1 is 0.692 bits per heavy atom. The molecule has 0 amide bonds. The van der Waals surface area contributed by atoms with Crippen LogP contribution in [0.15, 0.2) is 107 Å². The van der Waals surface area contributed by atoms with E-state index >= 15 is 0 Å². The summed E-state index contributed by atoms with van der Waals surface area (Å²) in [5.41, 5.74) is 1.04. The zero-order chi connectivity index (χ0) is 17.8. The number of rotatable bonds is 5. The van der Waals surface area contributed by atoms with Gasteiger partial charge in [-0.25, -0.2) is 0 Å². The van der Waals surface area contributed by atoms with E-state index < -0.39 is 7.26 Å². The highest BCUT2D eigenvalue weighted by Crippen LogP contribution is 2.55. The molecule has 0 aliphatic carbocycles. The lowest BCUT2D eigenvalue weighted by molar-refractivity contribution is 0.473. The Labute approximate surface area is 158 Å². The number of benzene rings is 3. The highest BCUT2D eigenvalue weighted by molar-refractivity contribution is 8.04. The largest absolute Gasteiger partial charge is 0.433 e. The van der Waals surface area contributed by atoms with Crippen molar-refractivity contribution in [1.29, 1.82) is 0 Å². The second-order valence-electron chi connectivity index (χ2n) is 5.85. The van der Waals surface area contributed by atoms with Crippen LogP contribution in [-0.2, 0) is 0 Å². The van der Waals surface area contributed by atoms with E-state index in [1.807, 2.05) is 6.26 Å². The van der Waals surface area contributed by atoms with Crippen LogP contribution in [0.25, 0.3) is 0 Å². The van der Waals surface area contributed by atoms with Gasteiger partial charge in [0.2, 0.25) is 5.09 Å². The molecule has 4 aromatic rings. The molecule has 0 aliphatic heterocycles. The maximum absolute atomic E-state index is 5.76. The maximum atomic E-state index is 5.76. The summed E-state index contributed by atoms with van der Waals surface area (Å²) >= 11 is 1.61. The lowest BCUT2D eigenvalue weighted by Gasteiger charge is -2.25. The van der Waals surface area contributed by atoms with E-state index in [9.17, 15) is 0 Å². The molecule has 0 bridgehead atoms. The maximum Gasteiger partial charge on any atom is 0.250 e. The van der Waals surface area contributed by atoms with Crippen LogP contribution in [0.4, 0.5) is 0 Å². The minimum Gasteiger partial charge on any atom is -0.433 e. The molecule has 0 spiro atoms. The minimum absolute atomic E-state index is 0.884. The number of oxazole rings is 1. The summed E-state index contributed by atoms with van der Waals surface area (Å²) in [6, 6.07) is 32.1. The van der Waals surface area contributed by atoms with Crippen molar-refractivity contribution >= 4 is 40.4 Å². The van der Waals surface area contributed by atoms with Crippen molar-refractivity contribution in [2.45, 2.75) is 5.09 Å². The predicted molar refractivity (Wildman–Crippen MR) is 113 cm³/mol. The van der Waals surface area contributed by atoms with Crippen molar-refractivity contribution in [1.82, 2.24) is 4.98 Å². The van der Waals surface area contributed by atoms with Gasteiger partial charge >= 0.3 is 0 Å². The third-order valence-electron chi connectivity index (χ3n) is 4.45. The molecule has 0 fully saturated rings. The molecule has 0 saturated heterocycles. The average molecular weight is 376 g/mol. The first-order chi connectivity index (χ1) is 12.9. The van der Waals surface area contributed by atoms with Gasteiger partial charge in [0.1, 0.15) is 15.9 Å². The van der Waals surface area contributed by atoms with Crippen LogP contribution in [0, 0.1) is 0 Å². The fourth-order valence-electron chi connectivity index (χ4n) is 3.36. The first-order valence-corrected chi connectivity index (χ1v) is 11.4. The molecule has 0 aliphatic rings. The van der Waals surface area contributed by atoms with Gasteiger partial charge in [-0.05, 0) is 42.7 Å². The van der Waals surface area contributed by atoms with Crippen LogP contribution < -0.4 is 21.3 Å². The fourth-order valence-corrected chi connectivity index (χ4v) is 8.45. The quantitative estimate of drug-likeness (QED) is 0.389. The molecule has 1 aromatic heterocycles. The molecule has 0 atom stereocenters. The van der Waals surface area contributed by atoms with Gasteiger partial charge in [0.15, 0.2) is 13.7 Å². The molecule has 2 nitrogen and oxygen atoms in total. The number of hydrogen-bond acceptors (Lipinski definition) is 3. The van der Waals surface area contributed by atoms with Gasteiger partial charge < -0.3 is 4.42 Å². The molecular formula is C22H19NOPS+. The summed E-state index contributed by atoms with van der Waals surface area (Å²) in [6.45, 7) is 0. The van der Waals surface area contributed by atoms with E-state index in [4.69, 9.17) is 9.40 Å². The van der Waals surface area contributed by atoms with Crippen LogP contribution in [-0.4, -0.2) is 11.2 Å². The van der Waals surface area contributed by atoms with Crippen molar-refractivity contribution in [3.8, 4) is 0 Å². The first kappa shape index (κ1) is 17.1. The van der Waals surface area contributed by atoms with Crippen molar-refractivity contribution in [2.75, 3.05) is 6.26 Å². The van der Waals surface area contributed by atoms with E-state index in [0.717, 1.165) is 10.5 Å². The number of thioether (sulfide) groups is 1. The van der Waals surface area contributed by atoms with E-state index in [2.05, 4.69) is 91.0 Å². The predicted octanol–water partition coefficient (Wildman–Crippen LogP) is 4.02. The molecular weight excluding hydrogens is 357 g/mol. The Bertz CT molecular complexity index is 874. The normalized spacial score (nSPS) is 11.4. The Kier molecular flexibility index (Phi) is 4.92. The SMILES string of the molecule is CSc1ocnc1[P+](c1ccccc1)(c1ccccc1)c1ccccc1. The third-order valence-corrected chi connectivity index (χ3v) is 9.43. The topological polar surface area (TPSA) is 26.0 Å². The first-order valence-electron chi connectivity index (χ1n) is 8.41. The highest BCUT2D eigenvalue weighted by atomic mass is 32.2. The zero-order valence-corrected chi connectivity index (χ0v) is 16.2. The average Bonchev–Trinajstić information content (AvgIpc) is 3.20. The molecule has 4 rings (SSSR count). The monoisotopic (exact) mass is 376 g/mol. The summed E-state index contributed by atoms with van der Waals surface area (Å²) in [6.07, 6.45) is 3.62. The van der Waals surface area contributed by atoms with Crippen LogP contribution in [0.5, 0.6) is 0 Å². The van der Waals surface area contributed by atoms with E-state index in [1.54, 1.807) is 18.2 Å². The molecule has 1 heterocycles. The second-order valence-corrected chi connectivity index (χ2v) is 9.94. The molecule has 0 N–H and O–H groups in total. The molecule has 0 saturated carbocycles. The molecule has 3 aromatic carbocycles. The van der Waals surface area contributed by atoms with E-state index in [1.165, 1.54) is 15.9 Å². The van der Waals surface area contributed by atoms with E-state index in [-0.39, 0.29) is 0 Å². The molecule has 4 heteroatoms. The van der Waals surface area contributed by atoms with Gasteiger partial charge in [-0.1, -0.05) is 66.4 Å². The van der Waals surface area contributed by atoms with Gasteiger partial charge in [0.05, 0.1) is 0 Å². The molecule has 26 heavy (non-hydrogen) atoms. The number of hydrogen-bond donors (Lipinski definition) is 0. The second kappa shape index (κ2) is 7.49. The van der Waals surface area contributed by atoms with Crippen molar-refractivity contribution < 1.29 is 4.42 Å². The summed E-state index contributed by atoms with van der Waals surface area (Å²) < 4.78 is 5.76. The van der Waals surface area contributed by atoms with Crippen LogP contribution >= 0.6 is 19.0 Å². The Morgan fingerprint density at radius 3 is 1.50 bits per heavy atom. The molecule has 0 radical (unpaired) electrons. The summed E-state index contributed by atoms with van der Waals surface area (Å²) in [5.74, 6) is 0. The molecule has 128 valence electrons. The van der Waals surface area contributed by atoms with Crippen molar-refractivity contribution in [2.24, 2.45) is 0 Å². The molecule has 0 unspecified atom stereocenters. The van der Waals surface area contributed by atoms with Gasteiger partial charge in [-0.3, -0.25) is 0 Å². The summed E-state index contributed by atoms with van der Waals surface area (Å²) in [7, 11) is -2.14. The van der Waals surface area contributed by atoms with Gasteiger partial charge in [0.25, 0.3) is 5.44 Å². The third kappa shape index (κ3) is 2.78. The van der Waals surface area contributed by atoms with E-state index in [0.29, 0.717) is 0 Å². The smallest absolute Gasteiger partial charge is 0.250 e. The van der Waals surface area contributed by atoms with Crippen LogP contribution in [0.1, 0.15) is 0 Å². The Hall–Kier alpha value is -2.35. The van der Waals surface area contributed by atoms with Crippen LogP contribution in [0.3, 0.4) is 0 Å². The van der Waals surface area contributed by atoms with Crippen molar-refractivity contribution in [3.05, 3.63) is 97.4 Å². The summed E-state index contributed by atoms with van der Waals surface area (Å²) in [5, 5.41) is 4.72. The number of aromatic nitrogens is 1. The lowest BCUT2D eigenvalue weighted by Crippen LogP contribution is -2.39. The fraction of sp³-hybridized carbons (Fsp3) is 0.0455. The standard InChI is InChI=1S/C22H19NOPS/c1-26-22-21(23-17-24-22)25(18-11-5-2-6-12-18,19-13-7-3-8-14-19)20-15-9-4-10-16-20/h2-17H,1H3/q+1. The summed E-state index contributed by atoms with van der Waals surface area (Å²) in [4.78, 5) is 4.75. The Balaban J connectivity index is 2.15.